The number of hydrogen-bond donors (Lipinski definition) is 2. The van der Waals surface area contributed by atoms with Gasteiger partial charge in [0.1, 0.15) is 0 Å². The van der Waals surface area contributed by atoms with Gasteiger partial charge in [0, 0.05) is 25.2 Å². The summed E-state index contributed by atoms with van der Waals surface area (Å²) in [6.45, 7) is 7.32. The summed E-state index contributed by atoms with van der Waals surface area (Å²) in [7, 11) is 0. The summed E-state index contributed by atoms with van der Waals surface area (Å²) >= 11 is 0. The zero-order valence-electron chi connectivity index (χ0n) is 16.2. The topological polar surface area (TPSA) is 61.4 Å². The summed E-state index contributed by atoms with van der Waals surface area (Å²) in [4.78, 5) is 25.9. The molecule has 0 aromatic heterocycles. The van der Waals surface area contributed by atoms with Crippen LogP contribution in [0.1, 0.15) is 48.1 Å². The Morgan fingerprint density at radius 2 is 1.89 bits per heavy atom. The maximum absolute atomic E-state index is 12.2. The van der Waals surface area contributed by atoms with Crippen LogP contribution in [0.5, 0.6) is 0 Å². The van der Waals surface area contributed by atoms with Crippen LogP contribution in [0.4, 0.5) is 10.5 Å². The van der Waals surface area contributed by atoms with E-state index < -0.39 is 0 Å². The Morgan fingerprint density at radius 1 is 1.15 bits per heavy atom. The largest absolute Gasteiger partial charge is 0.334 e. The number of nitrogens with one attached hydrogen (secondary N) is 2. The predicted octanol–water partition coefficient (Wildman–Crippen LogP) is 3.99. The highest BCUT2D eigenvalue weighted by Crippen LogP contribution is 2.22. The molecule has 0 spiro atoms. The number of carbonyl (C=O) groups excluding carboxylic acids is 2. The van der Waals surface area contributed by atoms with Gasteiger partial charge in [0.2, 0.25) is 5.91 Å². The van der Waals surface area contributed by atoms with Gasteiger partial charge in [-0.1, -0.05) is 35.9 Å². The maximum Gasteiger partial charge on any atom is 0.315 e. The molecule has 1 aliphatic heterocycles. The number of hydrogen-bond acceptors (Lipinski definition) is 2. The van der Waals surface area contributed by atoms with Crippen molar-refractivity contribution in [3.8, 4) is 0 Å². The predicted molar refractivity (Wildman–Crippen MR) is 108 cm³/mol. The molecule has 5 nitrogen and oxygen atoms in total. The van der Waals surface area contributed by atoms with Crippen molar-refractivity contribution in [1.82, 2.24) is 10.6 Å². The third-order valence-electron chi connectivity index (χ3n) is 5.02. The highest BCUT2D eigenvalue weighted by atomic mass is 16.2. The molecule has 1 fully saturated rings. The number of rotatable bonds is 5. The molecule has 1 atom stereocenters. The first-order valence-corrected chi connectivity index (χ1v) is 9.45. The number of aryl methyl sites for hydroxylation is 2. The summed E-state index contributed by atoms with van der Waals surface area (Å²) in [5.74, 6) is 0.181. The highest BCUT2D eigenvalue weighted by Gasteiger charge is 2.21. The highest BCUT2D eigenvalue weighted by molar-refractivity contribution is 5.95. The van der Waals surface area contributed by atoms with E-state index in [0.29, 0.717) is 13.0 Å². The third kappa shape index (κ3) is 4.67. The molecular formula is C22H27N3O2. The minimum atomic E-state index is -0.192. The zero-order chi connectivity index (χ0) is 19.4. The Kier molecular flexibility index (Phi) is 5.79. The number of nitrogens with zero attached hydrogens (tertiary/aromatic N) is 1. The number of benzene rings is 2. The van der Waals surface area contributed by atoms with Gasteiger partial charge in [-0.25, -0.2) is 4.79 Å². The Bertz CT molecular complexity index is 830. The molecule has 0 saturated carbocycles. The van der Waals surface area contributed by atoms with Crippen LogP contribution < -0.4 is 15.5 Å². The van der Waals surface area contributed by atoms with E-state index in [4.69, 9.17) is 0 Å². The van der Waals surface area contributed by atoms with Crippen molar-refractivity contribution in [2.75, 3.05) is 11.4 Å². The van der Waals surface area contributed by atoms with Gasteiger partial charge < -0.3 is 15.5 Å². The molecule has 0 aliphatic carbocycles. The lowest BCUT2D eigenvalue weighted by Crippen LogP contribution is -2.36. The number of amides is 3. The van der Waals surface area contributed by atoms with E-state index in [0.717, 1.165) is 29.8 Å². The first kappa shape index (κ1) is 19.0. The standard InChI is InChI=1S/C22H27N3O2/c1-15-6-7-16(2)20(13-15)17(3)24-22(27)23-14-18-8-10-19(11-9-18)25-12-4-5-21(25)26/h6-11,13,17H,4-5,12,14H2,1-3H3,(H2,23,24,27)/t17-/m1/s1. The Labute approximate surface area is 160 Å². The third-order valence-corrected chi connectivity index (χ3v) is 5.02. The smallest absolute Gasteiger partial charge is 0.315 e. The molecule has 0 unspecified atom stereocenters. The summed E-state index contributed by atoms with van der Waals surface area (Å²) in [5, 5.41) is 5.89. The molecule has 0 radical (unpaired) electrons. The van der Waals surface area contributed by atoms with Crippen molar-refractivity contribution in [2.45, 2.75) is 46.2 Å². The number of anilines is 1. The van der Waals surface area contributed by atoms with Gasteiger partial charge in [-0.2, -0.15) is 0 Å². The van der Waals surface area contributed by atoms with Crippen LogP contribution in [-0.2, 0) is 11.3 Å². The van der Waals surface area contributed by atoms with Crippen LogP contribution in [0, 0.1) is 13.8 Å². The lowest BCUT2D eigenvalue weighted by molar-refractivity contribution is -0.117. The van der Waals surface area contributed by atoms with E-state index in [1.165, 1.54) is 11.1 Å². The molecule has 3 rings (SSSR count). The van der Waals surface area contributed by atoms with Crippen molar-refractivity contribution in [1.29, 1.82) is 0 Å². The summed E-state index contributed by atoms with van der Waals surface area (Å²) in [5.41, 5.74) is 5.40. The van der Waals surface area contributed by atoms with E-state index in [9.17, 15) is 9.59 Å². The van der Waals surface area contributed by atoms with E-state index in [2.05, 4.69) is 42.7 Å². The van der Waals surface area contributed by atoms with Gasteiger partial charge in [-0.3, -0.25) is 4.79 Å². The first-order valence-electron chi connectivity index (χ1n) is 9.45. The minimum absolute atomic E-state index is 0.0616. The summed E-state index contributed by atoms with van der Waals surface area (Å²) in [6.07, 6.45) is 1.54. The average molecular weight is 365 g/mol. The monoisotopic (exact) mass is 365 g/mol. The van der Waals surface area contributed by atoms with Gasteiger partial charge in [-0.05, 0) is 56.0 Å². The maximum atomic E-state index is 12.2. The molecule has 2 aromatic carbocycles. The lowest BCUT2D eigenvalue weighted by atomic mass is 10.0. The second kappa shape index (κ2) is 8.25. The number of urea groups is 1. The van der Waals surface area contributed by atoms with Gasteiger partial charge in [0.25, 0.3) is 0 Å². The van der Waals surface area contributed by atoms with E-state index in [-0.39, 0.29) is 18.0 Å². The van der Waals surface area contributed by atoms with Crippen LogP contribution >= 0.6 is 0 Å². The normalized spacial score (nSPS) is 14.9. The molecule has 1 heterocycles. The van der Waals surface area contributed by atoms with Crippen molar-refractivity contribution < 1.29 is 9.59 Å². The van der Waals surface area contributed by atoms with E-state index in [1.54, 1.807) is 0 Å². The van der Waals surface area contributed by atoms with Gasteiger partial charge in [0.05, 0.1) is 6.04 Å². The Morgan fingerprint density at radius 3 is 2.56 bits per heavy atom. The fraction of sp³-hybridized carbons (Fsp3) is 0.364. The van der Waals surface area contributed by atoms with Gasteiger partial charge >= 0.3 is 6.03 Å². The second-order valence-corrected chi connectivity index (χ2v) is 7.22. The molecule has 0 bridgehead atoms. The lowest BCUT2D eigenvalue weighted by Gasteiger charge is -2.18. The second-order valence-electron chi connectivity index (χ2n) is 7.22. The van der Waals surface area contributed by atoms with Crippen molar-refractivity contribution in [3.63, 3.8) is 0 Å². The molecular weight excluding hydrogens is 338 g/mol. The molecule has 2 aromatic rings. The molecule has 1 aliphatic rings. The quantitative estimate of drug-likeness (QED) is 0.842. The van der Waals surface area contributed by atoms with E-state index in [1.807, 2.05) is 36.1 Å². The van der Waals surface area contributed by atoms with Crippen LogP contribution in [0.15, 0.2) is 42.5 Å². The molecule has 5 heteroatoms. The van der Waals surface area contributed by atoms with Gasteiger partial charge in [-0.15, -0.1) is 0 Å². The van der Waals surface area contributed by atoms with Crippen LogP contribution in [0.2, 0.25) is 0 Å². The van der Waals surface area contributed by atoms with Gasteiger partial charge in [0.15, 0.2) is 0 Å². The van der Waals surface area contributed by atoms with Crippen molar-refractivity contribution in [3.05, 3.63) is 64.7 Å². The average Bonchev–Trinajstić information content (AvgIpc) is 3.08. The van der Waals surface area contributed by atoms with Crippen LogP contribution in [-0.4, -0.2) is 18.5 Å². The Hall–Kier alpha value is -2.82. The molecule has 1 saturated heterocycles. The fourth-order valence-corrected chi connectivity index (χ4v) is 3.45. The number of carbonyl (C=O) groups is 2. The SMILES string of the molecule is Cc1ccc(C)c([C@@H](C)NC(=O)NCc2ccc(N3CCCC3=O)cc2)c1. The van der Waals surface area contributed by atoms with Crippen LogP contribution in [0.3, 0.4) is 0 Å². The molecule has 27 heavy (non-hydrogen) atoms. The first-order chi connectivity index (χ1) is 12.9. The minimum Gasteiger partial charge on any atom is -0.334 e. The van der Waals surface area contributed by atoms with Crippen molar-refractivity contribution >= 4 is 17.6 Å². The zero-order valence-corrected chi connectivity index (χ0v) is 16.2. The Balaban J connectivity index is 1.53. The summed E-state index contributed by atoms with van der Waals surface area (Å²) < 4.78 is 0. The molecule has 2 N–H and O–H groups in total. The molecule has 3 amide bonds. The summed E-state index contributed by atoms with van der Waals surface area (Å²) in [6, 6.07) is 13.8. The van der Waals surface area contributed by atoms with Crippen molar-refractivity contribution in [2.24, 2.45) is 0 Å². The fourth-order valence-electron chi connectivity index (χ4n) is 3.45. The molecule has 142 valence electrons. The van der Waals surface area contributed by atoms with Crippen LogP contribution in [0.25, 0.3) is 0 Å². The van der Waals surface area contributed by atoms with E-state index >= 15 is 0 Å².